The third-order valence-corrected chi connectivity index (χ3v) is 3.16. The highest BCUT2D eigenvalue weighted by Gasteiger charge is 2.26. The molecule has 0 fully saturated rings. The average molecular weight is 277 g/mol. The van der Waals surface area contributed by atoms with Crippen LogP contribution in [0.2, 0.25) is 0 Å². The summed E-state index contributed by atoms with van der Waals surface area (Å²) in [6.45, 7) is 1.88. The molecule has 0 heterocycles. The minimum atomic E-state index is -0.365. The summed E-state index contributed by atoms with van der Waals surface area (Å²) in [6.07, 6.45) is 0.762. The van der Waals surface area contributed by atoms with Crippen LogP contribution in [0, 0.1) is 17.2 Å². The SMILES string of the molecule is CCC(CC#N)C(=O)c1c(OC)cc(OC)cc1OC. The highest BCUT2D eigenvalue weighted by atomic mass is 16.5. The predicted molar refractivity (Wildman–Crippen MR) is 74.4 cm³/mol. The molecule has 0 aromatic heterocycles. The van der Waals surface area contributed by atoms with Crippen LogP contribution in [0.4, 0.5) is 0 Å². The molecule has 20 heavy (non-hydrogen) atoms. The standard InChI is InChI=1S/C15H19NO4/c1-5-10(6-7-16)15(17)14-12(19-3)8-11(18-2)9-13(14)20-4/h8-10H,5-6H2,1-4H3. The molecule has 0 spiro atoms. The van der Waals surface area contributed by atoms with Crippen LogP contribution >= 0.6 is 0 Å². The number of carbonyl (C=O) groups excluding carboxylic acids is 1. The summed E-state index contributed by atoms with van der Waals surface area (Å²) in [5.41, 5.74) is 0.359. The van der Waals surface area contributed by atoms with Crippen molar-refractivity contribution in [3.8, 4) is 23.3 Å². The van der Waals surface area contributed by atoms with Crippen LogP contribution in [0.1, 0.15) is 30.1 Å². The van der Waals surface area contributed by atoms with Crippen LogP contribution in [0.15, 0.2) is 12.1 Å². The van der Waals surface area contributed by atoms with Crippen molar-refractivity contribution >= 4 is 5.78 Å². The van der Waals surface area contributed by atoms with Crippen LogP contribution in [-0.4, -0.2) is 27.1 Å². The molecular weight excluding hydrogens is 258 g/mol. The van der Waals surface area contributed by atoms with Gasteiger partial charge in [0, 0.05) is 24.5 Å². The first-order chi connectivity index (χ1) is 9.62. The molecule has 0 N–H and O–H groups in total. The van der Waals surface area contributed by atoms with Crippen molar-refractivity contribution in [2.75, 3.05) is 21.3 Å². The van der Waals surface area contributed by atoms with E-state index in [1.807, 2.05) is 13.0 Å². The van der Waals surface area contributed by atoms with Crippen molar-refractivity contribution in [2.24, 2.45) is 5.92 Å². The van der Waals surface area contributed by atoms with Gasteiger partial charge in [-0.25, -0.2) is 0 Å². The van der Waals surface area contributed by atoms with E-state index in [1.54, 1.807) is 12.1 Å². The Balaban J connectivity index is 3.34. The first-order valence-electron chi connectivity index (χ1n) is 6.34. The Labute approximate surface area is 119 Å². The number of carbonyl (C=O) groups is 1. The minimum absolute atomic E-state index is 0.148. The number of ketones is 1. The third kappa shape index (κ3) is 3.21. The van der Waals surface area contributed by atoms with E-state index in [0.29, 0.717) is 29.2 Å². The number of nitriles is 1. The molecule has 0 amide bonds. The van der Waals surface area contributed by atoms with Crippen molar-refractivity contribution in [1.82, 2.24) is 0 Å². The molecule has 1 aromatic carbocycles. The molecule has 5 heteroatoms. The zero-order chi connectivity index (χ0) is 15.1. The first-order valence-corrected chi connectivity index (χ1v) is 6.34. The fourth-order valence-electron chi connectivity index (χ4n) is 1.99. The zero-order valence-corrected chi connectivity index (χ0v) is 12.2. The molecule has 1 aromatic rings. The lowest BCUT2D eigenvalue weighted by Crippen LogP contribution is -2.16. The highest BCUT2D eigenvalue weighted by molar-refractivity contribution is 6.03. The van der Waals surface area contributed by atoms with Crippen molar-refractivity contribution < 1.29 is 19.0 Å². The molecule has 108 valence electrons. The maximum Gasteiger partial charge on any atom is 0.174 e. The van der Waals surface area contributed by atoms with Crippen LogP contribution < -0.4 is 14.2 Å². The predicted octanol–water partition coefficient (Wildman–Crippen LogP) is 2.83. The quantitative estimate of drug-likeness (QED) is 0.717. The Morgan fingerprint density at radius 3 is 2.10 bits per heavy atom. The Morgan fingerprint density at radius 2 is 1.75 bits per heavy atom. The van der Waals surface area contributed by atoms with Crippen molar-refractivity contribution in [1.29, 1.82) is 5.26 Å². The van der Waals surface area contributed by atoms with Crippen LogP contribution in [0.25, 0.3) is 0 Å². The summed E-state index contributed by atoms with van der Waals surface area (Å²) in [4.78, 5) is 12.6. The first kappa shape index (κ1) is 15.8. The average Bonchev–Trinajstić information content (AvgIpc) is 2.50. The van der Waals surface area contributed by atoms with E-state index in [4.69, 9.17) is 19.5 Å². The van der Waals surface area contributed by atoms with Gasteiger partial charge in [0.1, 0.15) is 22.8 Å². The van der Waals surface area contributed by atoms with Gasteiger partial charge in [-0.3, -0.25) is 4.79 Å². The van der Waals surface area contributed by atoms with E-state index in [1.165, 1.54) is 21.3 Å². The summed E-state index contributed by atoms with van der Waals surface area (Å²) in [5.74, 6) is 0.815. The zero-order valence-electron chi connectivity index (χ0n) is 12.2. The summed E-state index contributed by atoms with van der Waals surface area (Å²) >= 11 is 0. The van der Waals surface area contributed by atoms with E-state index in [2.05, 4.69) is 0 Å². The van der Waals surface area contributed by atoms with Gasteiger partial charge < -0.3 is 14.2 Å². The monoisotopic (exact) mass is 277 g/mol. The van der Waals surface area contributed by atoms with E-state index in [9.17, 15) is 4.79 Å². The molecule has 0 saturated heterocycles. The van der Waals surface area contributed by atoms with Gasteiger partial charge >= 0.3 is 0 Å². The molecule has 1 rings (SSSR count). The van der Waals surface area contributed by atoms with Crippen molar-refractivity contribution in [3.63, 3.8) is 0 Å². The van der Waals surface area contributed by atoms with Gasteiger partial charge in [0.2, 0.25) is 0 Å². The second-order valence-electron chi connectivity index (χ2n) is 4.24. The molecular formula is C15H19NO4. The molecule has 0 saturated carbocycles. The normalized spacial score (nSPS) is 11.3. The van der Waals surface area contributed by atoms with Gasteiger partial charge in [-0.15, -0.1) is 0 Å². The summed E-state index contributed by atoms with van der Waals surface area (Å²) in [5, 5.41) is 8.81. The molecule has 0 aliphatic heterocycles. The van der Waals surface area contributed by atoms with Gasteiger partial charge in [-0.05, 0) is 6.42 Å². The fourth-order valence-corrected chi connectivity index (χ4v) is 1.99. The lowest BCUT2D eigenvalue weighted by molar-refractivity contribution is 0.0912. The largest absolute Gasteiger partial charge is 0.496 e. The number of Topliss-reactive ketones (excluding diaryl/α,β-unsaturated/α-hetero) is 1. The molecule has 5 nitrogen and oxygen atoms in total. The van der Waals surface area contributed by atoms with Crippen LogP contribution in [0.3, 0.4) is 0 Å². The van der Waals surface area contributed by atoms with Gasteiger partial charge in [0.05, 0.1) is 27.4 Å². The summed E-state index contributed by atoms with van der Waals surface area (Å²) in [6, 6.07) is 5.31. The van der Waals surface area contributed by atoms with Gasteiger partial charge in [0.15, 0.2) is 5.78 Å². The highest BCUT2D eigenvalue weighted by Crippen LogP contribution is 2.36. The second kappa shape index (κ2) is 7.39. The third-order valence-electron chi connectivity index (χ3n) is 3.16. The number of ether oxygens (including phenoxy) is 3. The van der Waals surface area contributed by atoms with E-state index < -0.39 is 0 Å². The number of rotatable bonds is 7. The molecule has 1 unspecified atom stereocenters. The van der Waals surface area contributed by atoms with Gasteiger partial charge in [-0.2, -0.15) is 5.26 Å². The molecule has 1 atom stereocenters. The maximum atomic E-state index is 12.6. The minimum Gasteiger partial charge on any atom is -0.496 e. The Bertz CT molecular complexity index is 494. The number of benzene rings is 1. The van der Waals surface area contributed by atoms with E-state index in [0.717, 1.165) is 0 Å². The second-order valence-corrected chi connectivity index (χ2v) is 4.24. The van der Waals surface area contributed by atoms with Crippen molar-refractivity contribution in [2.45, 2.75) is 19.8 Å². The van der Waals surface area contributed by atoms with Crippen LogP contribution in [-0.2, 0) is 0 Å². The molecule has 0 aliphatic rings. The van der Waals surface area contributed by atoms with E-state index >= 15 is 0 Å². The van der Waals surface area contributed by atoms with E-state index in [-0.39, 0.29) is 18.1 Å². The maximum absolute atomic E-state index is 12.6. The van der Waals surface area contributed by atoms with Crippen LogP contribution in [0.5, 0.6) is 17.2 Å². The Hall–Kier alpha value is -2.22. The number of hydrogen-bond acceptors (Lipinski definition) is 5. The number of methoxy groups -OCH3 is 3. The lowest BCUT2D eigenvalue weighted by atomic mass is 9.91. The molecule has 0 radical (unpaired) electrons. The fraction of sp³-hybridized carbons (Fsp3) is 0.467. The Morgan fingerprint density at radius 1 is 1.20 bits per heavy atom. The molecule has 0 aliphatic carbocycles. The smallest absolute Gasteiger partial charge is 0.174 e. The lowest BCUT2D eigenvalue weighted by Gasteiger charge is -2.17. The number of hydrogen-bond donors (Lipinski definition) is 0. The Kier molecular flexibility index (Phi) is 5.85. The summed E-state index contributed by atoms with van der Waals surface area (Å²) < 4.78 is 15.7. The number of nitrogens with zero attached hydrogens (tertiary/aromatic N) is 1. The summed E-state index contributed by atoms with van der Waals surface area (Å²) in [7, 11) is 4.49. The topological polar surface area (TPSA) is 68.6 Å². The van der Waals surface area contributed by atoms with Gasteiger partial charge in [-0.1, -0.05) is 6.92 Å². The van der Waals surface area contributed by atoms with Crippen molar-refractivity contribution in [3.05, 3.63) is 17.7 Å². The van der Waals surface area contributed by atoms with Gasteiger partial charge in [0.25, 0.3) is 0 Å². The molecule has 0 bridgehead atoms.